The summed E-state index contributed by atoms with van der Waals surface area (Å²) in [6, 6.07) is 5.51. The van der Waals surface area contributed by atoms with Crippen molar-refractivity contribution < 1.29 is 0 Å². The van der Waals surface area contributed by atoms with Gasteiger partial charge >= 0.3 is 0 Å². The molecule has 0 bridgehead atoms. The number of anilines is 1. The van der Waals surface area contributed by atoms with Crippen LogP contribution in [0.5, 0.6) is 0 Å². The van der Waals surface area contributed by atoms with E-state index in [-0.39, 0.29) is 0 Å². The van der Waals surface area contributed by atoms with Crippen LogP contribution in [-0.4, -0.2) is 5.75 Å². The number of hydrogen-bond acceptors (Lipinski definition) is 2. The SMILES string of the molecule is Nc1cccc(Cl)c1C=CCCS. The number of thiol groups is 1. The van der Waals surface area contributed by atoms with Crippen molar-refractivity contribution >= 4 is 36.0 Å². The number of halogens is 1. The molecule has 0 saturated heterocycles. The summed E-state index contributed by atoms with van der Waals surface area (Å²) in [5.74, 6) is 0.834. The first-order chi connectivity index (χ1) is 6.25. The standard InChI is InChI=1S/C10H12ClNS/c11-9-5-3-6-10(12)8(9)4-1-2-7-13/h1,3-6,13H,2,7,12H2. The normalized spacial score (nSPS) is 10.9. The lowest BCUT2D eigenvalue weighted by Gasteiger charge is -2.01. The first kappa shape index (κ1) is 10.5. The summed E-state index contributed by atoms with van der Waals surface area (Å²) >= 11 is 10.1. The van der Waals surface area contributed by atoms with Gasteiger partial charge in [-0.05, 0) is 24.3 Å². The highest BCUT2D eigenvalue weighted by Crippen LogP contribution is 2.23. The minimum Gasteiger partial charge on any atom is -0.398 e. The van der Waals surface area contributed by atoms with Crippen molar-refractivity contribution in [1.82, 2.24) is 0 Å². The van der Waals surface area contributed by atoms with E-state index in [0.717, 1.165) is 17.7 Å². The molecule has 0 aliphatic carbocycles. The highest BCUT2D eigenvalue weighted by molar-refractivity contribution is 7.80. The molecule has 0 radical (unpaired) electrons. The molecule has 3 heteroatoms. The van der Waals surface area contributed by atoms with Gasteiger partial charge in [-0.15, -0.1) is 0 Å². The van der Waals surface area contributed by atoms with Gasteiger partial charge in [0.1, 0.15) is 0 Å². The average molecular weight is 214 g/mol. The molecule has 1 aromatic rings. The van der Waals surface area contributed by atoms with E-state index in [0.29, 0.717) is 10.7 Å². The van der Waals surface area contributed by atoms with Crippen LogP contribution in [-0.2, 0) is 0 Å². The molecular weight excluding hydrogens is 202 g/mol. The molecule has 1 aromatic carbocycles. The van der Waals surface area contributed by atoms with Crippen molar-refractivity contribution in [2.45, 2.75) is 6.42 Å². The van der Waals surface area contributed by atoms with Crippen LogP contribution in [0.2, 0.25) is 5.02 Å². The predicted octanol–water partition coefficient (Wildman–Crippen LogP) is 3.26. The van der Waals surface area contributed by atoms with Crippen molar-refractivity contribution in [2.75, 3.05) is 11.5 Å². The Morgan fingerprint density at radius 3 is 2.85 bits per heavy atom. The van der Waals surface area contributed by atoms with E-state index in [1.165, 1.54) is 0 Å². The maximum Gasteiger partial charge on any atom is 0.0498 e. The van der Waals surface area contributed by atoms with Gasteiger partial charge in [-0.25, -0.2) is 0 Å². The van der Waals surface area contributed by atoms with Crippen LogP contribution in [0.1, 0.15) is 12.0 Å². The first-order valence-corrected chi connectivity index (χ1v) is 5.08. The van der Waals surface area contributed by atoms with Gasteiger partial charge in [-0.2, -0.15) is 12.6 Å². The van der Waals surface area contributed by atoms with Crippen molar-refractivity contribution in [2.24, 2.45) is 0 Å². The van der Waals surface area contributed by atoms with Crippen molar-refractivity contribution in [1.29, 1.82) is 0 Å². The lowest BCUT2D eigenvalue weighted by Crippen LogP contribution is -1.89. The van der Waals surface area contributed by atoms with Crippen molar-refractivity contribution in [3.8, 4) is 0 Å². The second kappa shape index (κ2) is 5.20. The Hall–Kier alpha value is -0.600. The van der Waals surface area contributed by atoms with Gasteiger partial charge in [0.2, 0.25) is 0 Å². The molecule has 0 fully saturated rings. The molecule has 70 valence electrons. The molecule has 0 aromatic heterocycles. The quantitative estimate of drug-likeness (QED) is 0.585. The molecule has 0 aliphatic heterocycles. The second-order valence-corrected chi connectivity index (χ2v) is 3.51. The summed E-state index contributed by atoms with van der Waals surface area (Å²) < 4.78 is 0. The zero-order valence-corrected chi connectivity index (χ0v) is 8.85. The number of nitrogen functional groups attached to an aromatic ring is 1. The topological polar surface area (TPSA) is 26.0 Å². The molecule has 2 N–H and O–H groups in total. The maximum absolute atomic E-state index is 5.96. The van der Waals surface area contributed by atoms with E-state index in [9.17, 15) is 0 Å². The fraction of sp³-hybridized carbons (Fsp3) is 0.200. The lowest BCUT2D eigenvalue weighted by atomic mass is 10.1. The summed E-state index contributed by atoms with van der Waals surface area (Å²) in [6.07, 6.45) is 4.88. The molecular formula is C10H12ClNS. The van der Waals surface area contributed by atoms with Gasteiger partial charge < -0.3 is 5.73 Å². The Kier molecular flexibility index (Phi) is 4.19. The van der Waals surface area contributed by atoms with E-state index in [1.54, 1.807) is 0 Å². The van der Waals surface area contributed by atoms with E-state index in [2.05, 4.69) is 12.6 Å². The van der Waals surface area contributed by atoms with Gasteiger partial charge in [-0.1, -0.05) is 29.8 Å². The third-order valence-electron chi connectivity index (χ3n) is 1.67. The lowest BCUT2D eigenvalue weighted by molar-refractivity contribution is 1.26. The monoisotopic (exact) mass is 213 g/mol. The second-order valence-electron chi connectivity index (χ2n) is 2.66. The Balaban J connectivity index is 2.87. The zero-order valence-electron chi connectivity index (χ0n) is 7.20. The fourth-order valence-corrected chi connectivity index (χ4v) is 1.40. The van der Waals surface area contributed by atoms with E-state index < -0.39 is 0 Å². The number of hydrogen-bond donors (Lipinski definition) is 2. The molecule has 0 aliphatic rings. The first-order valence-electron chi connectivity index (χ1n) is 4.07. The molecule has 0 atom stereocenters. The number of rotatable bonds is 3. The smallest absolute Gasteiger partial charge is 0.0498 e. The summed E-state index contributed by atoms with van der Waals surface area (Å²) in [4.78, 5) is 0. The van der Waals surface area contributed by atoms with Crippen LogP contribution < -0.4 is 5.73 Å². The van der Waals surface area contributed by atoms with Crippen LogP contribution >= 0.6 is 24.2 Å². The minimum atomic E-state index is 0.690. The van der Waals surface area contributed by atoms with Gasteiger partial charge in [0.25, 0.3) is 0 Å². The van der Waals surface area contributed by atoms with E-state index in [4.69, 9.17) is 17.3 Å². The van der Waals surface area contributed by atoms with Gasteiger partial charge in [0.05, 0.1) is 0 Å². The predicted molar refractivity (Wildman–Crippen MR) is 63.4 cm³/mol. The maximum atomic E-state index is 5.96. The summed E-state index contributed by atoms with van der Waals surface area (Å²) in [5, 5.41) is 0.690. The molecule has 0 heterocycles. The van der Waals surface area contributed by atoms with Crippen LogP contribution in [0.3, 0.4) is 0 Å². The summed E-state index contributed by atoms with van der Waals surface area (Å²) in [6.45, 7) is 0. The highest BCUT2D eigenvalue weighted by atomic mass is 35.5. The summed E-state index contributed by atoms with van der Waals surface area (Å²) in [7, 11) is 0. The number of allylic oxidation sites excluding steroid dienone is 1. The number of nitrogens with two attached hydrogens (primary N) is 1. The molecule has 13 heavy (non-hydrogen) atoms. The minimum absolute atomic E-state index is 0.690. The molecule has 0 spiro atoms. The zero-order chi connectivity index (χ0) is 9.68. The Labute approximate surface area is 89.0 Å². The Morgan fingerprint density at radius 2 is 2.23 bits per heavy atom. The van der Waals surface area contributed by atoms with E-state index in [1.807, 2.05) is 30.4 Å². The number of benzene rings is 1. The Morgan fingerprint density at radius 1 is 1.46 bits per heavy atom. The van der Waals surface area contributed by atoms with Gasteiger partial charge in [-0.3, -0.25) is 0 Å². The summed E-state index contributed by atoms with van der Waals surface area (Å²) in [5.41, 5.74) is 7.35. The van der Waals surface area contributed by atoms with Crippen LogP contribution in [0, 0.1) is 0 Å². The van der Waals surface area contributed by atoms with Crippen molar-refractivity contribution in [3.05, 3.63) is 34.9 Å². The molecule has 0 saturated carbocycles. The fourth-order valence-electron chi connectivity index (χ4n) is 1.01. The Bertz CT molecular complexity index is 290. The molecule has 1 nitrogen and oxygen atoms in total. The van der Waals surface area contributed by atoms with Gasteiger partial charge in [0, 0.05) is 16.3 Å². The van der Waals surface area contributed by atoms with Gasteiger partial charge in [0.15, 0.2) is 0 Å². The average Bonchev–Trinajstić information content (AvgIpc) is 2.10. The molecule has 0 unspecified atom stereocenters. The largest absolute Gasteiger partial charge is 0.398 e. The van der Waals surface area contributed by atoms with E-state index >= 15 is 0 Å². The van der Waals surface area contributed by atoms with Crippen LogP contribution in [0.15, 0.2) is 24.3 Å². The third-order valence-corrected chi connectivity index (χ3v) is 2.25. The van der Waals surface area contributed by atoms with Crippen LogP contribution in [0.25, 0.3) is 6.08 Å². The van der Waals surface area contributed by atoms with Crippen LogP contribution in [0.4, 0.5) is 5.69 Å². The highest BCUT2D eigenvalue weighted by Gasteiger charge is 1.98. The third kappa shape index (κ3) is 2.98. The molecule has 1 rings (SSSR count). The van der Waals surface area contributed by atoms with Crippen molar-refractivity contribution in [3.63, 3.8) is 0 Å². The molecule has 0 amide bonds.